The number of hydrogen-bond donors (Lipinski definition) is 1. The van der Waals surface area contributed by atoms with E-state index in [1.807, 2.05) is 24.3 Å². The Morgan fingerprint density at radius 1 is 1.26 bits per heavy atom. The average molecular weight is 283 g/mol. The number of ether oxygens (including phenoxy) is 1. The fourth-order valence-corrected chi connectivity index (χ4v) is 4.29. The van der Waals surface area contributed by atoms with Crippen molar-refractivity contribution >= 4 is 9.84 Å². The second-order valence-electron chi connectivity index (χ2n) is 5.10. The minimum atomic E-state index is -2.81. The van der Waals surface area contributed by atoms with Crippen LogP contribution in [-0.2, 0) is 9.84 Å². The van der Waals surface area contributed by atoms with Crippen LogP contribution in [0.3, 0.4) is 0 Å². The SMILES string of the molecule is COc1ccc(C(CN)C2CCS(=O)(=O)CC2)cc1. The Balaban J connectivity index is 2.11. The number of benzene rings is 1. The molecule has 1 aliphatic rings. The lowest BCUT2D eigenvalue weighted by atomic mass is 9.82. The van der Waals surface area contributed by atoms with Crippen molar-refractivity contribution in [3.05, 3.63) is 29.8 Å². The number of nitrogens with two attached hydrogens (primary N) is 1. The molecule has 1 unspecified atom stereocenters. The van der Waals surface area contributed by atoms with Gasteiger partial charge in [0.2, 0.25) is 0 Å². The molecular formula is C14H21NO3S. The molecule has 2 rings (SSSR count). The summed E-state index contributed by atoms with van der Waals surface area (Å²) in [6.07, 6.45) is 1.44. The molecule has 0 radical (unpaired) electrons. The Hall–Kier alpha value is -1.07. The van der Waals surface area contributed by atoms with Gasteiger partial charge in [0, 0.05) is 0 Å². The number of sulfone groups is 1. The molecular weight excluding hydrogens is 262 g/mol. The van der Waals surface area contributed by atoms with Crippen molar-refractivity contribution in [2.45, 2.75) is 18.8 Å². The van der Waals surface area contributed by atoms with Crippen molar-refractivity contribution in [2.75, 3.05) is 25.2 Å². The Kier molecular flexibility index (Phi) is 4.47. The van der Waals surface area contributed by atoms with E-state index >= 15 is 0 Å². The first-order valence-corrected chi connectivity index (χ1v) is 8.42. The molecule has 0 spiro atoms. The normalized spacial score (nSPS) is 20.9. The van der Waals surface area contributed by atoms with Gasteiger partial charge in [0.1, 0.15) is 15.6 Å². The third-order valence-corrected chi connectivity index (χ3v) is 5.68. The molecule has 1 atom stereocenters. The van der Waals surface area contributed by atoms with Crippen LogP contribution >= 0.6 is 0 Å². The molecule has 19 heavy (non-hydrogen) atoms. The minimum absolute atomic E-state index is 0.237. The molecule has 0 saturated carbocycles. The third-order valence-electron chi connectivity index (χ3n) is 3.97. The van der Waals surface area contributed by atoms with Gasteiger partial charge in [-0.25, -0.2) is 8.42 Å². The van der Waals surface area contributed by atoms with E-state index in [-0.39, 0.29) is 5.92 Å². The van der Waals surface area contributed by atoms with Gasteiger partial charge in [-0.1, -0.05) is 12.1 Å². The molecule has 1 aromatic rings. The van der Waals surface area contributed by atoms with Crippen molar-refractivity contribution < 1.29 is 13.2 Å². The molecule has 0 aliphatic carbocycles. The molecule has 0 amide bonds. The zero-order chi connectivity index (χ0) is 13.9. The summed E-state index contributed by atoms with van der Waals surface area (Å²) in [5.74, 6) is 2.02. The van der Waals surface area contributed by atoms with Gasteiger partial charge in [0.25, 0.3) is 0 Å². The van der Waals surface area contributed by atoms with Gasteiger partial charge in [-0.2, -0.15) is 0 Å². The summed E-state index contributed by atoms with van der Waals surface area (Å²) < 4.78 is 28.1. The smallest absolute Gasteiger partial charge is 0.150 e. The highest BCUT2D eigenvalue weighted by Gasteiger charge is 2.29. The maximum Gasteiger partial charge on any atom is 0.150 e. The van der Waals surface area contributed by atoms with Gasteiger partial charge in [-0.05, 0) is 48.9 Å². The van der Waals surface area contributed by atoms with Gasteiger partial charge in [-0.15, -0.1) is 0 Å². The van der Waals surface area contributed by atoms with Crippen LogP contribution in [0.25, 0.3) is 0 Å². The van der Waals surface area contributed by atoms with Gasteiger partial charge >= 0.3 is 0 Å². The van der Waals surface area contributed by atoms with Gasteiger partial charge in [0.15, 0.2) is 0 Å². The lowest BCUT2D eigenvalue weighted by molar-refractivity contribution is 0.387. The predicted octanol–water partition coefficient (Wildman–Crippen LogP) is 1.56. The van der Waals surface area contributed by atoms with Crippen LogP contribution in [0.5, 0.6) is 5.75 Å². The molecule has 1 aromatic carbocycles. The maximum absolute atomic E-state index is 11.5. The van der Waals surface area contributed by atoms with Gasteiger partial charge < -0.3 is 10.5 Å². The van der Waals surface area contributed by atoms with E-state index < -0.39 is 9.84 Å². The minimum Gasteiger partial charge on any atom is -0.497 e. The van der Waals surface area contributed by atoms with Crippen LogP contribution in [0, 0.1) is 5.92 Å². The lowest BCUT2D eigenvalue weighted by Gasteiger charge is -2.29. The van der Waals surface area contributed by atoms with E-state index in [0.29, 0.717) is 24.0 Å². The zero-order valence-corrected chi connectivity index (χ0v) is 12.0. The van der Waals surface area contributed by atoms with E-state index in [9.17, 15) is 8.42 Å². The van der Waals surface area contributed by atoms with E-state index in [4.69, 9.17) is 10.5 Å². The van der Waals surface area contributed by atoms with Crippen molar-refractivity contribution in [3.8, 4) is 5.75 Å². The molecule has 0 aromatic heterocycles. The van der Waals surface area contributed by atoms with Crippen LogP contribution in [-0.4, -0.2) is 33.6 Å². The summed E-state index contributed by atoms with van der Waals surface area (Å²) in [6.45, 7) is 0.553. The van der Waals surface area contributed by atoms with Crippen molar-refractivity contribution in [3.63, 3.8) is 0 Å². The highest BCUT2D eigenvalue weighted by molar-refractivity contribution is 7.91. The summed E-state index contributed by atoms with van der Waals surface area (Å²) >= 11 is 0. The number of hydrogen-bond acceptors (Lipinski definition) is 4. The second kappa shape index (κ2) is 5.92. The van der Waals surface area contributed by atoms with Crippen molar-refractivity contribution in [1.82, 2.24) is 0 Å². The highest BCUT2D eigenvalue weighted by atomic mass is 32.2. The summed E-state index contributed by atoms with van der Waals surface area (Å²) in [5.41, 5.74) is 7.07. The van der Waals surface area contributed by atoms with Gasteiger partial charge in [-0.3, -0.25) is 0 Å². The number of rotatable bonds is 4. The van der Waals surface area contributed by atoms with E-state index in [1.54, 1.807) is 7.11 Å². The molecule has 2 N–H and O–H groups in total. The number of methoxy groups -OCH3 is 1. The maximum atomic E-state index is 11.5. The molecule has 5 heteroatoms. The molecule has 1 saturated heterocycles. The van der Waals surface area contributed by atoms with Gasteiger partial charge in [0.05, 0.1) is 18.6 Å². The zero-order valence-electron chi connectivity index (χ0n) is 11.2. The summed E-state index contributed by atoms with van der Waals surface area (Å²) in [4.78, 5) is 0. The summed E-state index contributed by atoms with van der Waals surface area (Å²) in [5, 5.41) is 0. The average Bonchev–Trinajstić information content (AvgIpc) is 2.42. The van der Waals surface area contributed by atoms with E-state index in [2.05, 4.69) is 0 Å². The van der Waals surface area contributed by atoms with E-state index in [0.717, 1.165) is 18.6 Å². The van der Waals surface area contributed by atoms with Crippen LogP contribution in [0.15, 0.2) is 24.3 Å². The fourth-order valence-electron chi connectivity index (χ4n) is 2.76. The monoisotopic (exact) mass is 283 g/mol. The van der Waals surface area contributed by atoms with Crippen LogP contribution in [0.2, 0.25) is 0 Å². The Morgan fingerprint density at radius 3 is 2.32 bits per heavy atom. The lowest BCUT2D eigenvalue weighted by Crippen LogP contribution is -2.30. The van der Waals surface area contributed by atoms with Crippen molar-refractivity contribution in [1.29, 1.82) is 0 Å². The fraction of sp³-hybridized carbons (Fsp3) is 0.571. The molecule has 0 bridgehead atoms. The summed E-state index contributed by atoms with van der Waals surface area (Å²) in [6, 6.07) is 7.91. The van der Waals surface area contributed by atoms with E-state index in [1.165, 1.54) is 5.56 Å². The Morgan fingerprint density at radius 2 is 1.84 bits per heavy atom. The Bertz CT molecular complexity index is 496. The highest BCUT2D eigenvalue weighted by Crippen LogP contribution is 2.33. The quantitative estimate of drug-likeness (QED) is 0.910. The first kappa shape index (κ1) is 14.3. The second-order valence-corrected chi connectivity index (χ2v) is 7.41. The topological polar surface area (TPSA) is 69.4 Å². The molecule has 1 aliphatic heterocycles. The largest absolute Gasteiger partial charge is 0.497 e. The summed E-state index contributed by atoms with van der Waals surface area (Å²) in [7, 11) is -1.17. The molecule has 4 nitrogen and oxygen atoms in total. The van der Waals surface area contributed by atoms with Crippen molar-refractivity contribution in [2.24, 2.45) is 11.7 Å². The van der Waals surface area contributed by atoms with Crippen LogP contribution in [0.1, 0.15) is 24.3 Å². The standard InChI is InChI=1S/C14H21NO3S/c1-18-13-4-2-11(3-5-13)14(10-15)12-6-8-19(16,17)9-7-12/h2-5,12,14H,6-10,15H2,1H3. The first-order valence-electron chi connectivity index (χ1n) is 6.60. The molecule has 1 heterocycles. The third kappa shape index (κ3) is 3.48. The predicted molar refractivity (Wildman–Crippen MR) is 76.2 cm³/mol. The first-order chi connectivity index (χ1) is 9.05. The van der Waals surface area contributed by atoms with Crippen LogP contribution < -0.4 is 10.5 Å². The Labute approximate surface area is 114 Å². The molecule has 106 valence electrons. The van der Waals surface area contributed by atoms with Crippen LogP contribution in [0.4, 0.5) is 0 Å². The molecule has 1 fully saturated rings.